The molecule has 0 amide bonds. The van der Waals surface area contributed by atoms with E-state index >= 15 is 0 Å². The number of pyridine rings is 1. The van der Waals surface area contributed by atoms with Crippen LogP contribution >= 0.6 is 15.9 Å². The molecule has 0 aromatic carbocycles. The van der Waals surface area contributed by atoms with Crippen LogP contribution < -0.4 is 5.32 Å². The first kappa shape index (κ1) is 11.5. The molecule has 1 unspecified atom stereocenters. The van der Waals surface area contributed by atoms with Crippen molar-refractivity contribution in [3.8, 4) is 0 Å². The second-order valence-corrected chi connectivity index (χ2v) is 4.68. The average Bonchev–Trinajstić information content (AvgIpc) is 2.16. The molecule has 0 radical (unpaired) electrons. The molecular formula is C11H17BrN2. The summed E-state index contributed by atoms with van der Waals surface area (Å²) < 4.78 is 1.01. The highest BCUT2D eigenvalue weighted by molar-refractivity contribution is 9.10. The SMILES string of the molecule is CCC(Nc1ccc(Br)cn1)C(C)C. The lowest BCUT2D eigenvalue weighted by Gasteiger charge is -2.21. The maximum Gasteiger partial charge on any atom is 0.126 e. The van der Waals surface area contributed by atoms with Gasteiger partial charge in [-0.1, -0.05) is 20.8 Å². The normalized spacial score (nSPS) is 12.9. The van der Waals surface area contributed by atoms with Gasteiger partial charge in [0.1, 0.15) is 5.82 Å². The van der Waals surface area contributed by atoms with Crippen molar-refractivity contribution in [3.63, 3.8) is 0 Å². The zero-order valence-electron chi connectivity index (χ0n) is 8.92. The number of nitrogens with zero attached hydrogens (tertiary/aromatic N) is 1. The van der Waals surface area contributed by atoms with Crippen LogP contribution in [0, 0.1) is 5.92 Å². The summed E-state index contributed by atoms with van der Waals surface area (Å²) in [7, 11) is 0. The average molecular weight is 257 g/mol. The van der Waals surface area contributed by atoms with Gasteiger partial charge in [-0.3, -0.25) is 0 Å². The summed E-state index contributed by atoms with van der Waals surface area (Å²) in [4.78, 5) is 4.29. The Morgan fingerprint density at radius 1 is 1.43 bits per heavy atom. The lowest BCUT2D eigenvalue weighted by molar-refractivity contribution is 0.510. The third-order valence-corrected chi connectivity index (χ3v) is 2.77. The summed E-state index contributed by atoms with van der Waals surface area (Å²) in [5.41, 5.74) is 0. The lowest BCUT2D eigenvalue weighted by Crippen LogP contribution is -2.24. The monoisotopic (exact) mass is 256 g/mol. The van der Waals surface area contributed by atoms with Crippen LogP contribution in [0.2, 0.25) is 0 Å². The molecule has 0 saturated carbocycles. The van der Waals surface area contributed by atoms with Gasteiger partial charge in [0.15, 0.2) is 0 Å². The zero-order valence-corrected chi connectivity index (χ0v) is 10.5. The van der Waals surface area contributed by atoms with E-state index in [9.17, 15) is 0 Å². The number of nitrogens with one attached hydrogen (secondary N) is 1. The molecule has 1 heterocycles. The zero-order chi connectivity index (χ0) is 10.6. The van der Waals surface area contributed by atoms with Crippen molar-refractivity contribution in [1.82, 2.24) is 4.98 Å². The van der Waals surface area contributed by atoms with E-state index in [1.165, 1.54) is 0 Å². The van der Waals surface area contributed by atoms with E-state index in [1.807, 2.05) is 18.3 Å². The minimum Gasteiger partial charge on any atom is -0.367 e. The van der Waals surface area contributed by atoms with Crippen molar-refractivity contribution in [2.75, 3.05) is 5.32 Å². The van der Waals surface area contributed by atoms with Gasteiger partial charge in [0, 0.05) is 16.7 Å². The number of hydrogen-bond donors (Lipinski definition) is 1. The predicted octanol–water partition coefficient (Wildman–Crippen LogP) is 3.69. The number of halogens is 1. The quantitative estimate of drug-likeness (QED) is 0.889. The highest BCUT2D eigenvalue weighted by Gasteiger charge is 2.10. The molecule has 0 saturated heterocycles. The topological polar surface area (TPSA) is 24.9 Å². The number of hydrogen-bond acceptors (Lipinski definition) is 2. The Balaban J connectivity index is 2.63. The smallest absolute Gasteiger partial charge is 0.126 e. The Morgan fingerprint density at radius 2 is 2.14 bits per heavy atom. The molecule has 0 aliphatic carbocycles. The third-order valence-electron chi connectivity index (χ3n) is 2.31. The molecular weight excluding hydrogens is 240 g/mol. The lowest BCUT2D eigenvalue weighted by atomic mass is 10.0. The van der Waals surface area contributed by atoms with Crippen LogP contribution in [0.5, 0.6) is 0 Å². The Hall–Kier alpha value is -0.570. The van der Waals surface area contributed by atoms with Crippen molar-refractivity contribution in [1.29, 1.82) is 0 Å². The molecule has 14 heavy (non-hydrogen) atoms. The minimum atomic E-state index is 0.503. The van der Waals surface area contributed by atoms with Crippen LogP contribution in [0.3, 0.4) is 0 Å². The molecule has 3 heteroatoms. The third kappa shape index (κ3) is 3.29. The van der Waals surface area contributed by atoms with Gasteiger partial charge in [0.25, 0.3) is 0 Å². The molecule has 1 aromatic heterocycles. The van der Waals surface area contributed by atoms with E-state index in [1.54, 1.807) is 0 Å². The second-order valence-electron chi connectivity index (χ2n) is 3.76. The standard InChI is InChI=1S/C11H17BrN2/c1-4-10(8(2)3)14-11-6-5-9(12)7-13-11/h5-8,10H,4H2,1-3H3,(H,13,14). The van der Waals surface area contributed by atoms with Crippen LogP contribution in [0.4, 0.5) is 5.82 Å². The van der Waals surface area contributed by atoms with Gasteiger partial charge in [-0.15, -0.1) is 0 Å². The van der Waals surface area contributed by atoms with Gasteiger partial charge in [-0.05, 0) is 40.4 Å². The predicted molar refractivity (Wildman–Crippen MR) is 64.5 cm³/mol. The summed E-state index contributed by atoms with van der Waals surface area (Å²) in [6, 6.07) is 4.50. The second kappa shape index (κ2) is 5.35. The van der Waals surface area contributed by atoms with E-state index in [4.69, 9.17) is 0 Å². The summed E-state index contributed by atoms with van der Waals surface area (Å²) in [5.74, 6) is 1.58. The maximum absolute atomic E-state index is 4.29. The van der Waals surface area contributed by atoms with Gasteiger partial charge in [0.05, 0.1) is 0 Å². The summed E-state index contributed by atoms with van der Waals surface area (Å²) >= 11 is 3.37. The fourth-order valence-electron chi connectivity index (χ4n) is 1.39. The summed E-state index contributed by atoms with van der Waals surface area (Å²) in [5, 5.41) is 3.42. The van der Waals surface area contributed by atoms with E-state index < -0.39 is 0 Å². The Kier molecular flexibility index (Phi) is 4.39. The molecule has 0 aliphatic rings. The first-order valence-corrected chi connectivity index (χ1v) is 5.81. The van der Waals surface area contributed by atoms with Crippen LogP contribution in [-0.2, 0) is 0 Å². The van der Waals surface area contributed by atoms with Crippen molar-refractivity contribution < 1.29 is 0 Å². The van der Waals surface area contributed by atoms with Crippen LogP contribution in [-0.4, -0.2) is 11.0 Å². The van der Waals surface area contributed by atoms with Gasteiger partial charge in [-0.2, -0.15) is 0 Å². The number of anilines is 1. The first-order chi connectivity index (χ1) is 6.63. The van der Waals surface area contributed by atoms with Gasteiger partial charge >= 0.3 is 0 Å². The fourth-order valence-corrected chi connectivity index (χ4v) is 1.63. The van der Waals surface area contributed by atoms with Crippen LogP contribution in [0.15, 0.2) is 22.8 Å². The minimum absolute atomic E-state index is 0.503. The van der Waals surface area contributed by atoms with Crippen LogP contribution in [0.1, 0.15) is 27.2 Å². The van der Waals surface area contributed by atoms with Crippen molar-refractivity contribution in [2.24, 2.45) is 5.92 Å². The molecule has 2 nitrogen and oxygen atoms in total. The molecule has 1 N–H and O–H groups in total. The molecule has 0 spiro atoms. The Labute approximate surface area is 94.3 Å². The molecule has 1 aromatic rings. The van der Waals surface area contributed by atoms with E-state index in [0.29, 0.717) is 12.0 Å². The molecule has 78 valence electrons. The first-order valence-electron chi connectivity index (χ1n) is 5.01. The molecule has 1 atom stereocenters. The van der Waals surface area contributed by atoms with Gasteiger partial charge < -0.3 is 5.32 Å². The number of rotatable bonds is 4. The molecule has 1 rings (SSSR count). The van der Waals surface area contributed by atoms with Crippen molar-refractivity contribution in [2.45, 2.75) is 33.2 Å². The number of aromatic nitrogens is 1. The highest BCUT2D eigenvalue weighted by atomic mass is 79.9. The molecule has 0 aliphatic heterocycles. The maximum atomic E-state index is 4.29. The Morgan fingerprint density at radius 3 is 2.57 bits per heavy atom. The largest absolute Gasteiger partial charge is 0.367 e. The Bertz CT molecular complexity index is 269. The summed E-state index contributed by atoms with van der Waals surface area (Å²) in [6.45, 7) is 6.64. The van der Waals surface area contributed by atoms with Gasteiger partial charge in [-0.25, -0.2) is 4.98 Å². The van der Waals surface area contributed by atoms with Gasteiger partial charge in [0.2, 0.25) is 0 Å². The fraction of sp³-hybridized carbons (Fsp3) is 0.545. The highest BCUT2D eigenvalue weighted by Crippen LogP contribution is 2.15. The van der Waals surface area contributed by atoms with Crippen molar-refractivity contribution in [3.05, 3.63) is 22.8 Å². The van der Waals surface area contributed by atoms with Crippen LogP contribution in [0.25, 0.3) is 0 Å². The van der Waals surface area contributed by atoms with Crippen molar-refractivity contribution >= 4 is 21.7 Å². The van der Waals surface area contributed by atoms with E-state index in [2.05, 4.69) is 47.0 Å². The van der Waals surface area contributed by atoms with E-state index in [-0.39, 0.29) is 0 Å². The summed E-state index contributed by atoms with van der Waals surface area (Å²) in [6.07, 6.45) is 2.94. The van der Waals surface area contributed by atoms with E-state index in [0.717, 1.165) is 16.7 Å². The molecule has 0 fully saturated rings. The molecule has 0 bridgehead atoms.